The van der Waals surface area contributed by atoms with E-state index >= 15 is 0 Å². The van der Waals surface area contributed by atoms with Crippen LogP contribution in [-0.4, -0.2) is 36.0 Å². The van der Waals surface area contributed by atoms with Crippen molar-refractivity contribution in [2.75, 3.05) is 13.1 Å². The number of piperidine rings is 1. The summed E-state index contributed by atoms with van der Waals surface area (Å²) in [6, 6.07) is 12.8. The van der Waals surface area contributed by atoms with Gasteiger partial charge in [0.15, 0.2) is 5.76 Å². The third-order valence-corrected chi connectivity index (χ3v) is 8.11. The van der Waals surface area contributed by atoms with Gasteiger partial charge >= 0.3 is 0 Å². The van der Waals surface area contributed by atoms with Crippen LogP contribution in [0.25, 0.3) is 34.0 Å². The lowest BCUT2D eigenvalue weighted by molar-refractivity contribution is 0.288. The predicted octanol–water partition coefficient (Wildman–Crippen LogP) is 5.19. The number of nitrogens with zero attached hydrogens (tertiary/aromatic N) is 3. The molecule has 0 atom stereocenters. The number of aromatic nitrogens is 2. The van der Waals surface area contributed by atoms with Crippen LogP contribution >= 0.6 is 0 Å². The van der Waals surface area contributed by atoms with Gasteiger partial charge in [-0.25, -0.2) is 8.42 Å². The van der Waals surface area contributed by atoms with Gasteiger partial charge < -0.3 is 8.94 Å². The zero-order valence-corrected chi connectivity index (χ0v) is 19.1. The number of furan rings is 1. The number of hydrogen-bond donors (Lipinski definition) is 0. The molecule has 5 rings (SSSR count). The Hall–Kier alpha value is -2.97. The molecule has 32 heavy (non-hydrogen) atoms. The fraction of sp³-hybridized carbons (Fsp3) is 0.333. The van der Waals surface area contributed by atoms with Crippen molar-refractivity contribution in [2.45, 2.75) is 38.5 Å². The maximum absolute atomic E-state index is 13.2. The first-order chi connectivity index (χ1) is 15.3. The maximum Gasteiger partial charge on any atom is 0.294 e. The van der Waals surface area contributed by atoms with E-state index in [1.54, 1.807) is 22.5 Å². The quantitative estimate of drug-likeness (QED) is 0.424. The molecule has 0 unspecified atom stereocenters. The summed E-state index contributed by atoms with van der Waals surface area (Å²) < 4.78 is 39.4. The molecule has 1 aliphatic heterocycles. The second-order valence-electron chi connectivity index (χ2n) is 8.59. The Bertz CT molecular complexity index is 1380. The van der Waals surface area contributed by atoms with Crippen molar-refractivity contribution in [1.29, 1.82) is 0 Å². The minimum atomic E-state index is -3.54. The van der Waals surface area contributed by atoms with E-state index in [0.717, 1.165) is 34.9 Å². The van der Waals surface area contributed by atoms with Crippen molar-refractivity contribution in [2.24, 2.45) is 5.92 Å². The van der Waals surface area contributed by atoms with Crippen LogP contribution in [0.3, 0.4) is 0 Å². The van der Waals surface area contributed by atoms with Crippen LogP contribution in [0, 0.1) is 19.8 Å². The molecule has 8 heteroatoms. The van der Waals surface area contributed by atoms with Crippen LogP contribution in [0.4, 0.5) is 0 Å². The summed E-state index contributed by atoms with van der Waals surface area (Å²) in [5, 5.41) is 4.80. The lowest BCUT2D eigenvalue weighted by atomic mass is 10.0. The molecule has 0 bridgehead atoms. The number of fused-ring (bicyclic) bond motifs is 1. The maximum atomic E-state index is 13.2. The Kier molecular flexibility index (Phi) is 5.14. The van der Waals surface area contributed by atoms with Crippen molar-refractivity contribution >= 4 is 21.0 Å². The first kappa shape index (κ1) is 20.9. The Balaban J connectivity index is 1.49. The van der Waals surface area contributed by atoms with Gasteiger partial charge in [0.2, 0.25) is 15.8 Å². The third-order valence-electron chi connectivity index (χ3n) is 6.22. The summed E-state index contributed by atoms with van der Waals surface area (Å²) in [5.74, 6) is 1.75. The van der Waals surface area contributed by atoms with E-state index in [9.17, 15) is 8.42 Å². The van der Waals surface area contributed by atoms with Crippen LogP contribution in [0.2, 0.25) is 0 Å². The number of benzene rings is 2. The Morgan fingerprint density at radius 2 is 1.75 bits per heavy atom. The van der Waals surface area contributed by atoms with Gasteiger partial charge in [-0.3, -0.25) is 0 Å². The summed E-state index contributed by atoms with van der Waals surface area (Å²) in [6.45, 7) is 7.16. The SMILES string of the molecule is Cc1ccc(-c2noc(-c3oc4ccc(S(=O)(=O)N5CCC(C)CC5)cc4c3C)n2)cc1. The van der Waals surface area contributed by atoms with Crippen LogP contribution in [-0.2, 0) is 10.0 Å². The lowest BCUT2D eigenvalue weighted by Gasteiger charge is -2.29. The molecular formula is C24H25N3O4S. The smallest absolute Gasteiger partial charge is 0.294 e. The lowest BCUT2D eigenvalue weighted by Crippen LogP contribution is -2.37. The van der Waals surface area contributed by atoms with E-state index in [4.69, 9.17) is 8.94 Å². The molecule has 166 valence electrons. The van der Waals surface area contributed by atoms with Gasteiger partial charge in [-0.15, -0.1) is 0 Å². The van der Waals surface area contributed by atoms with Gasteiger partial charge in [0.05, 0.1) is 4.90 Å². The molecule has 0 spiro atoms. The number of sulfonamides is 1. The molecule has 1 saturated heterocycles. The van der Waals surface area contributed by atoms with Gasteiger partial charge in [-0.05, 0) is 50.8 Å². The average Bonchev–Trinajstić information content (AvgIpc) is 3.39. The predicted molar refractivity (Wildman–Crippen MR) is 122 cm³/mol. The molecule has 7 nitrogen and oxygen atoms in total. The Labute approximate surface area is 187 Å². The van der Waals surface area contributed by atoms with Crippen LogP contribution in [0.1, 0.15) is 30.9 Å². The number of aryl methyl sites for hydroxylation is 2. The van der Waals surface area contributed by atoms with Gasteiger partial charge in [-0.2, -0.15) is 9.29 Å². The summed E-state index contributed by atoms with van der Waals surface area (Å²) in [7, 11) is -3.54. The first-order valence-electron chi connectivity index (χ1n) is 10.8. The molecule has 0 amide bonds. The Morgan fingerprint density at radius 1 is 1.03 bits per heavy atom. The van der Waals surface area contributed by atoms with Gasteiger partial charge in [0.1, 0.15) is 5.58 Å². The van der Waals surface area contributed by atoms with E-state index < -0.39 is 10.0 Å². The van der Waals surface area contributed by atoms with Gasteiger partial charge in [-0.1, -0.05) is 41.9 Å². The van der Waals surface area contributed by atoms with Crippen molar-refractivity contribution in [3.8, 4) is 23.0 Å². The van der Waals surface area contributed by atoms with E-state index in [1.165, 1.54) is 0 Å². The summed E-state index contributed by atoms with van der Waals surface area (Å²) in [6.07, 6.45) is 1.77. The highest BCUT2D eigenvalue weighted by Crippen LogP contribution is 2.35. The highest BCUT2D eigenvalue weighted by Gasteiger charge is 2.29. The van der Waals surface area contributed by atoms with Gasteiger partial charge in [0.25, 0.3) is 5.89 Å². The third kappa shape index (κ3) is 3.63. The van der Waals surface area contributed by atoms with Crippen LogP contribution < -0.4 is 0 Å². The van der Waals surface area contributed by atoms with Crippen LogP contribution in [0.15, 0.2) is 56.3 Å². The van der Waals surface area contributed by atoms with E-state index in [-0.39, 0.29) is 10.8 Å². The summed E-state index contributed by atoms with van der Waals surface area (Å²) >= 11 is 0. The molecule has 0 aliphatic carbocycles. The molecule has 2 aromatic carbocycles. The second kappa shape index (κ2) is 7.86. The number of rotatable bonds is 4. The normalized spacial score (nSPS) is 16.1. The topological polar surface area (TPSA) is 89.4 Å². The first-order valence-corrected chi connectivity index (χ1v) is 12.2. The van der Waals surface area contributed by atoms with Crippen molar-refractivity contribution in [3.05, 3.63) is 53.6 Å². The summed E-state index contributed by atoms with van der Waals surface area (Å²) in [5.41, 5.74) is 3.35. The fourth-order valence-electron chi connectivity index (χ4n) is 4.07. The molecule has 1 fully saturated rings. The van der Waals surface area contributed by atoms with E-state index in [1.807, 2.05) is 38.1 Å². The van der Waals surface area contributed by atoms with Crippen molar-refractivity contribution < 1.29 is 17.4 Å². The highest BCUT2D eigenvalue weighted by atomic mass is 32.2. The molecule has 0 saturated carbocycles. The highest BCUT2D eigenvalue weighted by molar-refractivity contribution is 7.89. The van der Waals surface area contributed by atoms with Crippen molar-refractivity contribution in [3.63, 3.8) is 0 Å². The summed E-state index contributed by atoms with van der Waals surface area (Å²) in [4.78, 5) is 4.77. The zero-order valence-electron chi connectivity index (χ0n) is 18.3. The molecule has 0 N–H and O–H groups in total. The second-order valence-corrected chi connectivity index (χ2v) is 10.5. The van der Waals surface area contributed by atoms with Gasteiger partial charge in [0, 0.05) is 29.6 Å². The fourth-order valence-corrected chi connectivity index (χ4v) is 5.57. The van der Waals surface area contributed by atoms with Crippen LogP contribution in [0.5, 0.6) is 0 Å². The molecular weight excluding hydrogens is 426 g/mol. The zero-order chi connectivity index (χ0) is 22.5. The molecule has 2 aromatic heterocycles. The molecule has 3 heterocycles. The molecule has 1 aliphatic rings. The molecule has 4 aromatic rings. The van der Waals surface area contributed by atoms with E-state index in [2.05, 4.69) is 17.1 Å². The van der Waals surface area contributed by atoms with E-state index in [0.29, 0.717) is 36.2 Å². The molecule has 0 radical (unpaired) electrons. The minimum Gasteiger partial charge on any atom is -0.451 e. The number of hydrogen-bond acceptors (Lipinski definition) is 6. The van der Waals surface area contributed by atoms with Crippen molar-refractivity contribution in [1.82, 2.24) is 14.4 Å². The standard InChI is InChI=1S/C24H25N3O4S/c1-15-4-6-18(7-5-15)23-25-24(31-26-23)22-17(3)20-14-19(8-9-21(20)30-22)32(28,29)27-12-10-16(2)11-13-27/h4-9,14,16H,10-13H2,1-3H3. The monoisotopic (exact) mass is 451 g/mol. The minimum absolute atomic E-state index is 0.267. The largest absolute Gasteiger partial charge is 0.451 e. The Morgan fingerprint density at radius 3 is 2.47 bits per heavy atom. The average molecular weight is 452 g/mol.